The van der Waals surface area contributed by atoms with Crippen LogP contribution in [0.5, 0.6) is 0 Å². The molecule has 0 saturated heterocycles. The van der Waals surface area contributed by atoms with Gasteiger partial charge in [0.15, 0.2) is 0 Å². The molecule has 0 heterocycles. The van der Waals surface area contributed by atoms with Crippen molar-refractivity contribution in [3.8, 4) is 0 Å². The Balaban J connectivity index is 1.62. The number of fused-ring (bicyclic) bond motifs is 1. The van der Waals surface area contributed by atoms with Crippen LogP contribution in [0.3, 0.4) is 0 Å². The second kappa shape index (κ2) is 12.1. The highest BCUT2D eigenvalue weighted by atomic mass is 19.1. The van der Waals surface area contributed by atoms with Crippen LogP contribution in [0.4, 0.5) is 4.39 Å². The average molecular weight is 483 g/mol. The van der Waals surface area contributed by atoms with Crippen LogP contribution in [-0.4, -0.2) is 29.3 Å². The predicted molar refractivity (Wildman–Crippen MR) is 142 cm³/mol. The smallest absolute Gasteiger partial charge is 0.243 e. The molecule has 0 bridgehead atoms. The van der Waals surface area contributed by atoms with Crippen molar-refractivity contribution >= 4 is 22.6 Å². The number of amides is 2. The number of benzene rings is 4. The molecule has 0 aliphatic rings. The quantitative estimate of drug-likeness (QED) is 0.316. The van der Waals surface area contributed by atoms with E-state index in [4.69, 9.17) is 0 Å². The average Bonchev–Trinajstić information content (AvgIpc) is 2.91. The maximum Gasteiger partial charge on any atom is 0.243 e. The lowest BCUT2D eigenvalue weighted by molar-refractivity contribution is -0.141. The van der Waals surface area contributed by atoms with E-state index in [-0.39, 0.29) is 30.6 Å². The van der Waals surface area contributed by atoms with Gasteiger partial charge in [-0.05, 0) is 52.9 Å². The summed E-state index contributed by atoms with van der Waals surface area (Å²) < 4.78 is 13.5. The van der Waals surface area contributed by atoms with Crippen molar-refractivity contribution in [3.63, 3.8) is 0 Å². The third-order valence-corrected chi connectivity index (χ3v) is 6.38. The van der Waals surface area contributed by atoms with Crippen LogP contribution in [0.25, 0.3) is 10.8 Å². The first kappa shape index (κ1) is 25.1. The van der Waals surface area contributed by atoms with Crippen LogP contribution < -0.4 is 5.32 Å². The lowest BCUT2D eigenvalue weighted by Crippen LogP contribution is -2.50. The highest BCUT2D eigenvalue weighted by molar-refractivity contribution is 5.89. The molecule has 4 aromatic carbocycles. The molecule has 4 aromatic rings. The lowest BCUT2D eigenvalue weighted by atomic mass is 9.99. The standard InChI is InChI=1S/C31H31FN2O2/c1-2-33-31(36)29(21-23-9-4-3-5-10-23)34(22-24-15-18-27(32)19-16-24)30(35)20-17-26-13-8-12-25-11-6-7-14-28(25)26/h3-16,18-19,29H,2,17,20-22H2,1H3,(H,33,36)/t29-/m1/s1. The number of nitrogens with one attached hydrogen (secondary N) is 1. The number of rotatable bonds is 10. The fourth-order valence-electron chi connectivity index (χ4n) is 4.53. The minimum Gasteiger partial charge on any atom is -0.355 e. The number of likely N-dealkylation sites (N-methyl/N-ethyl adjacent to an activating group) is 1. The Kier molecular flexibility index (Phi) is 8.45. The van der Waals surface area contributed by atoms with E-state index in [2.05, 4.69) is 23.5 Å². The zero-order chi connectivity index (χ0) is 25.3. The molecule has 0 aliphatic heterocycles. The van der Waals surface area contributed by atoms with E-state index in [9.17, 15) is 14.0 Å². The van der Waals surface area contributed by atoms with Gasteiger partial charge in [0.2, 0.25) is 11.8 Å². The van der Waals surface area contributed by atoms with Crippen LogP contribution in [0.15, 0.2) is 97.1 Å². The lowest BCUT2D eigenvalue weighted by Gasteiger charge is -2.31. The third-order valence-electron chi connectivity index (χ3n) is 6.38. The Morgan fingerprint density at radius 3 is 2.28 bits per heavy atom. The molecule has 36 heavy (non-hydrogen) atoms. The van der Waals surface area contributed by atoms with Gasteiger partial charge in [-0.1, -0.05) is 84.9 Å². The monoisotopic (exact) mass is 482 g/mol. The molecule has 184 valence electrons. The SMILES string of the molecule is CCNC(=O)[C@@H](Cc1ccccc1)N(Cc1ccc(F)cc1)C(=O)CCc1cccc2ccccc12. The van der Waals surface area contributed by atoms with Gasteiger partial charge in [0, 0.05) is 25.9 Å². The van der Waals surface area contributed by atoms with Crippen molar-refractivity contribution in [2.24, 2.45) is 0 Å². The Morgan fingerprint density at radius 1 is 0.833 bits per heavy atom. The molecule has 0 fully saturated rings. The third kappa shape index (κ3) is 6.36. The number of carbonyl (C=O) groups is 2. The Morgan fingerprint density at radius 2 is 1.53 bits per heavy atom. The summed E-state index contributed by atoms with van der Waals surface area (Å²) in [6, 6.07) is 29.4. The van der Waals surface area contributed by atoms with Gasteiger partial charge >= 0.3 is 0 Å². The van der Waals surface area contributed by atoms with Crippen LogP contribution in [0, 0.1) is 5.82 Å². The summed E-state index contributed by atoms with van der Waals surface area (Å²) in [6.07, 6.45) is 1.22. The highest BCUT2D eigenvalue weighted by Gasteiger charge is 2.30. The minimum absolute atomic E-state index is 0.112. The molecule has 2 amide bonds. The van der Waals surface area contributed by atoms with Gasteiger partial charge < -0.3 is 10.2 Å². The summed E-state index contributed by atoms with van der Waals surface area (Å²) in [5.74, 6) is -0.640. The van der Waals surface area contributed by atoms with E-state index in [0.29, 0.717) is 19.4 Å². The van der Waals surface area contributed by atoms with E-state index < -0.39 is 6.04 Å². The van der Waals surface area contributed by atoms with Crippen molar-refractivity contribution < 1.29 is 14.0 Å². The fourth-order valence-corrected chi connectivity index (χ4v) is 4.53. The summed E-state index contributed by atoms with van der Waals surface area (Å²) in [5.41, 5.74) is 2.85. The molecule has 5 heteroatoms. The molecule has 1 atom stereocenters. The highest BCUT2D eigenvalue weighted by Crippen LogP contribution is 2.22. The summed E-state index contributed by atoms with van der Waals surface area (Å²) in [4.78, 5) is 28.6. The van der Waals surface area contributed by atoms with Gasteiger partial charge in [0.25, 0.3) is 0 Å². The van der Waals surface area contributed by atoms with Crippen molar-refractivity contribution in [1.29, 1.82) is 0 Å². The molecule has 4 nitrogen and oxygen atoms in total. The molecule has 4 rings (SSSR count). The second-order valence-electron chi connectivity index (χ2n) is 8.89. The van der Waals surface area contributed by atoms with Gasteiger partial charge in [0.1, 0.15) is 11.9 Å². The van der Waals surface area contributed by atoms with Gasteiger partial charge in [-0.2, -0.15) is 0 Å². The number of nitrogens with zero attached hydrogens (tertiary/aromatic N) is 1. The van der Waals surface area contributed by atoms with Crippen LogP contribution >= 0.6 is 0 Å². The molecule has 0 spiro atoms. The maximum atomic E-state index is 13.7. The van der Waals surface area contributed by atoms with Crippen molar-refractivity contribution in [1.82, 2.24) is 10.2 Å². The molecule has 0 aliphatic carbocycles. The topological polar surface area (TPSA) is 49.4 Å². The molecule has 1 N–H and O–H groups in total. The van der Waals surface area contributed by atoms with Gasteiger partial charge in [-0.3, -0.25) is 9.59 Å². The first-order valence-corrected chi connectivity index (χ1v) is 12.4. The van der Waals surface area contributed by atoms with E-state index in [1.54, 1.807) is 17.0 Å². The number of hydrogen-bond donors (Lipinski definition) is 1. The zero-order valence-electron chi connectivity index (χ0n) is 20.5. The molecule has 0 saturated carbocycles. The number of hydrogen-bond acceptors (Lipinski definition) is 2. The Bertz CT molecular complexity index is 1300. The predicted octanol–water partition coefficient (Wildman–Crippen LogP) is 5.69. The van der Waals surface area contributed by atoms with Gasteiger partial charge in [0.05, 0.1) is 0 Å². The van der Waals surface area contributed by atoms with Crippen LogP contribution in [0.2, 0.25) is 0 Å². The molecule has 0 unspecified atom stereocenters. The molecule has 0 radical (unpaired) electrons. The van der Waals surface area contributed by atoms with E-state index in [0.717, 1.165) is 27.5 Å². The van der Waals surface area contributed by atoms with Gasteiger partial charge in [-0.15, -0.1) is 0 Å². The Labute approximate surface area is 211 Å². The van der Waals surface area contributed by atoms with E-state index in [1.807, 2.05) is 61.5 Å². The number of aryl methyl sites for hydroxylation is 1. The first-order valence-electron chi connectivity index (χ1n) is 12.4. The van der Waals surface area contributed by atoms with Crippen molar-refractivity contribution in [3.05, 3.63) is 120 Å². The normalized spacial score (nSPS) is 11.7. The minimum atomic E-state index is -0.683. The summed E-state index contributed by atoms with van der Waals surface area (Å²) in [7, 11) is 0. The second-order valence-corrected chi connectivity index (χ2v) is 8.89. The summed E-state index contributed by atoms with van der Waals surface area (Å²) >= 11 is 0. The Hall–Kier alpha value is -3.99. The zero-order valence-corrected chi connectivity index (χ0v) is 20.5. The number of halogens is 1. The van der Waals surface area contributed by atoms with E-state index in [1.165, 1.54) is 12.1 Å². The molecular weight excluding hydrogens is 451 g/mol. The van der Waals surface area contributed by atoms with Gasteiger partial charge in [-0.25, -0.2) is 4.39 Å². The number of carbonyl (C=O) groups excluding carboxylic acids is 2. The van der Waals surface area contributed by atoms with Crippen molar-refractivity contribution in [2.75, 3.05) is 6.54 Å². The largest absolute Gasteiger partial charge is 0.355 e. The summed E-state index contributed by atoms with van der Waals surface area (Å²) in [5, 5.41) is 5.16. The van der Waals surface area contributed by atoms with Crippen molar-refractivity contribution in [2.45, 2.75) is 38.8 Å². The van der Waals surface area contributed by atoms with Crippen LogP contribution in [0.1, 0.15) is 30.0 Å². The maximum absolute atomic E-state index is 13.7. The molecule has 0 aromatic heterocycles. The van der Waals surface area contributed by atoms with Crippen LogP contribution in [-0.2, 0) is 29.0 Å². The fraction of sp³-hybridized carbons (Fsp3) is 0.226. The van der Waals surface area contributed by atoms with E-state index >= 15 is 0 Å². The first-order chi connectivity index (χ1) is 17.5. The summed E-state index contributed by atoms with van der Waals surface area (Å²) in [6.45, 7) is 2.56. The molecular formula is C31H31FN2O2.